The third-order valence-corrected chi connectivity index (χ3v) is 14.8. The maximum Gasteiger partial charge on any atom is 0.426 e. The van der Waals surface area contributed by atoms with E-state index in [1.807, 2.05) is 112 Å². The second-order valence-corrected chi connectivity index (χ2v) is 27.1. The summed E-state index contributed by atoms with van der Waals surface area (Å²) in [5.74, 6) is -7.03. The van der Waals surface area contributed by atoms with Crippen LogP contribution in [-0.2, 0) is 141 Å². The van der Waals surface area contributed by atoms with Crippen LogP contribution in [0.15, 0.2) is 161 Å². The molecular formula is C80H120N20O24+8. The van der Waals surface area contributed by atoms with Gasteiger partial charge >= 0.3 is 29.9 Å². The largest absolute Gasteiger partial charge is 0.448 e. The number of ether oxygens (including phenoxy) is 4. The maximum atomic E-state index is 11.6. The molecule has 0 aliphatic heterocycles. The fraction of sp³-hybridized carbons (Fsp3) is 0.450. The number of rotatable bonds is 36. The number of aromatic nitrogens is 14. The SMILES string of the molecule is CC(=O)CC(=O)C(=O)NNC(=O)c1cc[n+](C)cc1.CC(=O)CC(=O)C(O)CNn1cn[n+](C)c1.CC(=O)CC(=O)C(O)Cn1cc[n+](C)c1.CC(=O)CC(=O)OC(=O)c1cc[n+](C)cc1.CCCOC(=O)NNC(=O)c1cc[n+](C)cc1.CCCOC(O)CNn1cn[n+](C)c1.CCCOC(O)Cn1cc[n+](C)c1.CCCOOC(=O)c1cc[n+](C)cc1. The summed E-state index contributed by atoms with van der Waals surface area (Å²) in [6.45, 7) is 15.9. The van der Waals surface area contributed by atoms with Gasteiger partial charge in [0.2, 0.25) is 31.1 Å². The highest BCUT2D eigenvalue weighted by molar-refractivity contribution is 6.39. The summed E-state index contributed by atoms with van der Waals surface area (Å²) in [7, 11) is 14.7. The van der Waals surface area contributed by atoms with Crippen molar-refractivity contribution >= 4 is 82.2 Å². The molecule has 8 rings (SSSR count). The number of aryl methyl sites for hydroxylation is 8. The Hall–Kier alpha value is -13.4. The van der Waals surface area contributed by atoms with E-state index in [9.17, 15) is 87.5 Å². The van der Waals surface area contributed by atoms with Gasteiger partial charge in [-0.05, 0) is 63.6 Å². The molecule has 44 heteroatoms. The molecule has 0 saturated carbocycles. The van der Waals surface area contributed by atoms with Crippen LogP contribution in [0.25, 0.3) is 0 Å². The highest BCUT2D eigenvalue weighted by Gasteiger charge is 2.23. The van der Waals surface area contributed by atoms with Crippen molar-refractivity contribution in [2.75, 3.05) is 50.4 Å². The van der Waals surface area contributed by atoms with Gasteiger partial charge in [0.15, 0.2) is 79.8 Å². The van der Waals surface area contributed by atoms with Crippen LogP contribution in [0.1, 0.15) is 148 Å². The maximum absolute atomic E-state index is 11.6. The molecule has 44 nitrogen and oxygen atoms in total. The lowest BCUT2D eigenvalue weighted by atomic mass is 10.1. The number of carbonyl (C=O) groups is 14. The molecule has 8 heterocycles. The summed E-state index contributed by atoms with van der Waals surface area (Å²) in [6, 6.07) is 12.8. The van der Waals surface area contributed by atoms with Crippen molar-refractivity contribution in [3.63, 3.8) is 0 Å². The second kappa shape index (κ2) is 61.8. The van der Waals surface area contributed by atoms with E-state index in [4.69, 9.17) is 14.2 Å². The minimum atomic E-state index is -1.18. The highest BCUT2D eigenvalue weighted by Crippen LogP contribution is 2.04. The summed E-state index contributed by atoms with van der Waals surface area (Å²) in [4.78, 5) is 165. The number of hydrazine groups is 2. The minimum Gasteiger partial charge on any atom is -0.448 e. The molecule has 4 amide bonds. The van der Waals surface area contributed by atoms with E-state index >= 15 is 0 Å². The summed E-state index contributed by atoms with van der Waals surface area (Å²) in [5.41, 5.74) is 15.7. The van der Waals surface area contributed by atoms with Gasteiger partial charge in [0.1, 0.15) is 122 Å². The first-order chi connectivity index (χ1) is 58.7. The fourth-order valence-corrected chi connectivity index (χ4v) is 8.63. The number of aliphatic hydroxyl groups excluding tert-OH is 4. The van der Waals surface area contributed by atoms with Crippen LogP contribution in [0.4, 0.5) is 4.79 Å². The Bertz CT molecular complexity index is 4610. The topological polar surface area (TPSA) is 524 Å². The lowest BCUT2D eigenvalue weighted by Gasteiger charge is -2.10. The average Bonchev–Trinajstić information content (AvgIpc) is 1.55. The molecule has 8 aromatic heterocycles. The van der Waals surface area contributed by atoms with Crippen molar-refractivity contribution in [3.05, 3.63) is 183 Å². The predicted octanol–water partition coefficient (Wildman–Crippen LogP) is -3.27. The zero-order valence-corrected chi connectivity index (χ0v) is 72.8. The minimum absolute atomic E-state index is 0.0441. The molecule has 0 saturated heterocycles. The van der Waals surface area contributed by atoms with E-state index in [-0.39, 0.29) is 61.2 Å². The zero-order valence-electron chi connectivity index (χ0n) is 72.8. The molecule has 0 radical (unpaired) electrons. The number of pyridine rings is 4. The third kappa shape index (κ3) is 51.9. The summed E-state index contributed by atoms with van der Waals surface area (Å²) in [5, 5.41) is 45.5. The Morgan fingerprint density at radius 2 is 0.798 bits per heavy atom. The molecule has 124 heavy (non-hydrogen) atoms. The predicted molar refractivity (Wildman–Crippen MR) is 430 cm³/mol. The summed E-state index contributed by atoms with van der Waals surface area (Å²) in [6.07, 6.45) is 28.9. The number of Topliss-reactive ketones (excluding diaryl/α,β-unsaturated/α-hetero) is 7. The van der Waals surface area contributed by atoms with Crippen LogP contribution in [0, 0.1) is 0 Å². The number of carbonyl (C=O) groups excluding carboxylic acids is 14. The van der Waals surface area contributed by atoms with Crippen molar-refractivity contribution in [1.29, 1.82) is 0 Å². The molecule has 4 unspecified atom stereocenters. The molecule has 0 bridgehead atoms. The number of hydrogen-bond acceptors (Lipinski definition) is 28. The molecular weight excluding hydrogens is 1620 g/mol. The van der Waals surface area contributed by atoms with E-state index in [0.29, 0.717) is 56.2 Å². The molecule has 4 atom stereocenters. The first kappa shape index (κ1) is 109. The standard InChI is InChI=1S/C12H13N3O4.C11H15N3O3.C11H12NO4.C10H15N2O3.C10H14NO3.C9H15N4O3.C9H17N2O2.C8H17N4O2/c1-8(16)7-10(17)12(19)14-13-11(18)9-3-5-15(2)6-4-9;1-3-8-17-11(16)13-12-10(15)9-4-6-14(2)7-5-9;1-8(13)7-10(14)16-11(15)9-3-5-12(2)6-4-9;1-8(13)5-9(14)10(15)6-12-4-3-11(2)7-12;1-3-8-13-14-10(12)9-4-6-11(2)7-5-9;1-7(14)3-8(15)9(16)4-10-13-5-11-12(2)6-13;1-3-6-13-9(12)7-11-5-4-10(2)8-11;1-3-4-14-8(13)5-9-12-6-10-11(2)7-12/h3-6,18H,7H2,1-2H3;4-7,15H,3,8H2,1-2H3;3-6H,7H2,1-2H3;3-4,7,10,15H,5-6H2,1-2H3;4-7H,3,8H2,1-2H3;5-6,9-10,16H,3-4H2,1-2H3;4-5,8-9,12H,3,6-7H2,1-2H3;6-9,13H,3-5H2,1-2H3/q;;6*+1/p+2. The first-order valence-corrected chi connectivity index (χ1v) is 38.7. The summed E-state index contributed by atoms with van der Waals surface area (Å²) < 4.78 is 40.3. The molecule has 10 N–H and O–H groups in total. The van der Waals surface area contributed by atoms with Crippen molar-refractivity contribution in [1.82, 2.24) is 50.4 Å². The van der Waals surface area contributed by atoms with Crippen LogP contribution in [0.3, 0.4) is 0 Å². The van der Waals surface area contributed by atoms with Crippen LogP contribution in [0.5, 0.6) is 0 Å². The molecule has 0 spiro atoms. The van der Waals surface area contributed by atoms with Gasteiger partial charge < -0.3 is 39.4 Å². The monoisotopic (exact) mass is 1740 g/mol. The van der Waals surface area contributed by atoms with Gasteiger partial charge in [-0.2, -0.15) is 4.89 Å². The normalized spacial score (nSPS) is 11.0. The van der Waals surface area contributed by atoms with E-state index in [0.717, 1.165) is 25.7 Å². The van der Waals surface area contributed by atoms with Crippen molar-refractivity contribution in [3.8, 4) is 0 Å². The van der Waals surface area contributed by atoms with E-state index < -0.39 is 90.2 Å². The smallest absolute Gasteiger partial charge is 0.426 e. The first-order valence-electron chi connectivity index (χ1n) is 38.7. The molecule has 0 aliphatic carbocycles. The van der Waals surface area contributed by atoms with E-state index in [1.54, 1.807) is 171 Å². The van der Waals surface area contributed by atoms with Crippen molar-refractivity contribution < 1.29 is 153 Å². The third-order valence-electron chi connectivity index (χ3n) is 14.8. The van der Waals surface area contributed by atoms with Crippen LogP contribution < -0.4 is 69.3 Å². The Labute approximate surface area is 717 Å². The quantitative estimate of drug-likeness (QED) is 0.00269. The number of nitrogens with zero attached hydrogens (tertiary/aromatic N) is 14. The van der Waals surface area contributed by atoms with Crippen molar-refractivity contribution in [2.24, 2.45) is 56.4 Å². The molecule has 676 valence electrons. The Kier molecular flexibility index (Phi) is 54.1. The number of ketones is 7. The Balaban J connectivity index is 0.000000710. The van der Waals surface area contributed by atoms with E-state index in [1.165, 1.54) is 50.8 Å². The molecule has 0 aliphatic rings. The van der Waals surface area contributed by atoms with Gasteiger partial charge in [-0.3, -0.25) is 79.3 Å². The number of nitrogens with one attached hydrogen (secondary N) is 6. The molecule has 8 aromatic rings. The van der Waals surface area contributed by atoms with Crippen LogP contribution in [0.2, 0.25) is 0 Å². The lowest BCUT2D eigenvalue weighted by Crippen LogP contribution is -2.45. The van der Waals surface area contributed by atoms with Gasteiger partial charge in [-0.25, -0.2) is 61.8 Å². The van der Waals surface area contributed by atoms with Crippen LogP contribution >= 0.6 is 0 Å². The Morgan fingerprint density at radius 3 is 1.19 bits per heavy atom. The number of aliphatic hydroxyl groups is 4. The molecule has 0 aromatic carbocycles. The highest BCUT2D eigenvalue weighted by atomic mass is 17.2. The number of imidazole rings is 2. The zero-order chi connectivity index (χ0) is 93.2. The molecule has 0 fully saturated rings. The second-order valence-electron chi connectivity index (χ2n) is 27.1. The lowest BCUT2D eigenvalue weighted by molar-refractivity contribution is -0.728. The Morgan fingerprint density at radius 1 is 0.411 bits per heavy atom. The van der Waals surface area contributed by atoms with Gasteiger partial charge in [0, 0.05) is 61.7 Å². The fourth-order valence-electron chi connectivity index (χ4n) is 8.63. The van der Waals surface area contributed by atoms with Gasteiger partial charge in [-0.15, -0.1) is 18.7 Å². The summed E-state index contributed by atoms with van der Waals surface area (Å²) >= 11 is 0. The number of esters is 2. The van der Waals surface area contributed by atoms with Crippen molar-refractivity contribution in [2.45, 2.75) is 145 Å². The number of hydrogen-bond donors (Lipinski definition) is 10. The van der Waals surface area contributed by atoms with Gasteiger partial charge in [0.05, 0.1) is 75.4 Å². The van der Waals surface area contributed by atoms with Gasteiger partial charge in [0.25, 0.3) is 24.5 Å². The van der Waals surface area contributed by atoms with Gasteiger partial charge in [-0.1, -0.05) is 27.7 Å². The number of amides is 4. The van der Waals surface area contributed by atoms with E-state index in [2.05, 4.69) is 51.8 Å². The van der Waals surface area contributed by atoms with Crippen LogP contribution in [-0.4, -0.2) is 196 Å². The average molecular weight is 1750 g/mol.